The average molecular weight is 392 g/mol. The summed E-state index contributed by atoms with van der Waals surface area (Å²) < 4.78 is 23.3. The molecule has 0 aliphatic carbocycles. The molecule has 0 heterocycles. The molecule has 2 amide bonds. The van der Waals surface area contributed by atoms with Gasteiger partial charge in [-0.15, -0.1) is 11.8 Å². The molecule has 0 unspecified atom stereocenters. The van der Waals surface area contributed by atoms with Crippen LogP contribution in [0.15, 0.2) is 47.4 Å². The zero-order chi connectivity index (χ0) is 19.8. The molecule has 27 heavy (non-hydrogen) atoms. The molecule has 0 fully saturated rings. The van der Waals surface area contributed by atoms with Gasteiger partial charge in [-0.2, -0.15) is 0 Å². The Labute approximate surface area is 159 Å². The van der Waals surface area contributed by atoms with Crippen LogP contribution < -0.4 is 15.8 Å². The number of nitrogens with two attached hydrogens (primary N) is 1. The van der Waals surface area contributed by atoms with Gasteiger partial charge in [-0.05, 0) is 30.3 Å². The van der Waals surface area contributed by atoms with Crippen molar-refractivity contribution < 1.29 is 28.2 Å². The summed E-state index contributed by atoms with van der Waals surface area (Å²) in [5.74, 6) is -2.56. The van der Waals surface area contributed by atoms with Gasteiger partial charge in [0.05, 0.1) is 24.1 Å². The molecule has 0 aliphatic rings. The van der Waals surface area contributed by atoms with Gasteiger partial charge in [0.1, 0.15) is 0 Å². The van der Waals surface area contributed by atoms with E-state index in [0.717, 1.165) is 6.07 Å². The Balaban J connectivity index is 1.94. The zero-order valence-corrected chi connectivity index (χ0v) is 15.2. The number of thioether (sulfide) groups is 1. The predicted molar refractivity (Wildman–Crippen MR) is 98.2 cm³/mol. The van der Waals surface area contributed by atoms with E-state index in [2.05, 4.69) is 5.32 Å². The van der Waals surface area contributed by atoms with Crippen molar-refractivity contribution in [3.05, 3.63) is 53.8 Å². The Kier molecular flexibility index (Phi) is 7.18. The number of ether oxygens (including phenoxy) is 2. The number of hydrogen-bond donors (Lipinski definition) is 2. The van der Waals surface area contributed by atoms with E-state index in [-0.39, 0.29) is 17.1 Å². The third kappa shape index (κ3) is 6.00. The van der Waals surface area contributed by atoms with Crippen molar-refractivity contribution in [1.29, 1.82) is 0 Å². The summed E-state index contributed by atoms with van der Waals surface area (Å²) in [6, 6.07) is 10.4. The number of carbonyl (C=O) groups is 3. The molecule has 3 N–H and O–H groups in total. The van der Waals surface area contributed by atoms with Gasteiger partial charge in [0.2, 0.25) is 5.91 Å². The molecule has 0 aromatic heterocycles. The zero-order valence-electron chi connectivity index (χ0n) is 14.4. The fourth-order valence-corrected chi connectivity index (χ4v) is 2.79. The number of anilines is 1. The normalized spacial score (nSPS) is 10.1. The largest absolute Gasteiger partial charge is 0.494 e. The molecule has 0 bridgehead atoms. The lowest BCUT2D eigenvalue weighted by Crippen LogP contribution is -2.21. The van der Waals surface area contributed by atoms with Crippen LogP contribution in [0.5, 0.6) is 5.75 Å². The summed E-state index contributed by atoms with van der Waals surface area (Å²) in [5, 5.41) is 2.59. The molecule has 2 rings (SSSR count). The second kappa shape index (κ2) is 9.58. The fraction of sp³-hybridized carbons (Fsp3) is 0.167. The number of esters is 1. The fourth-order valence-electron chi connectivity index (χ4n) is 2.04. The van der Waals surface area contributed by atoms with Crippen LogP contribution in [0.4, 0.5) is 10.1 Å². The number of carbonyl (C=O) groups excluding carboxylic acids is 3. The second-order valence-electron chi connectivity index (χ2n) is 5.22. The molecule has 9 heteroatoms. The maximum absolute atomic E-state index is 13.6. The number of benzene rings is 2. The number of nitrogens with one attached hydrogen (secondary N) is 1. The van der Waals surface area contributed by atoms with Crippen LogP contribution in [-0.2, 0) is 14.3 Å². The first kappa shape index (κ1) is 20.2. The third-order valence-corrected chi connectivity index (χ3v) is 4.35. The highest BCUT2D eigenvalue weighted by Gasteiger charge is 2.14. The molecule has 0 saturated carbocycles. The van der Waals surface area contributed by atoms with Crippen LogP contribution in [-0.4, -0.2) is 37.3 Å². The van der Waals surface area contributed by atoms with E-state index in [1.165, 1.54) is 31.0 Å². The molecule has 0 saturated heterocycles. The minimum atomic E-state index is -0.844. The van der Waals surface area contributed by atoms with E-state index < -0.39 is 30.2 Å². The summed E-state index contributed by atoms with van der Waals surface area (Å²) in [5.41, 5.74) is 5.53. The van der Waals surface area contributed by atoms with E-state index in [9.17, 15) is 18.8 Å². The molecule has 0 radical (unpaired) electrons. The van der Waals surface area contributed by atoms with E-state index in [1.807, 2.05) is 0 Å². The first-order chi connectivity index (χ1) is 12.9. The number of para-hydroxylation sites is 1. The van der Waals surface area contributed by atoms with Crippen molar-refractivity contribution in [3.63, 3.8) is 0 Å². The van der Waals surface area contributed by atoms with Gasteiger partial charge in [-0.1, -0.05) is 12.1 Å². The van der Waals surface area contributed by atoms with Gasteiger partial charge in [-0.3, -0.25) is 9.59 Å². The van der Waals surface area contributed by atoms with Gasteiger partial charge in [0, 0.05) is 4.90 Å². The van der Waals surface area contributed by atoms with Gasteiger partial charge in [0.25, 0.3) is 5.91 Å². The minimum absolute atomic E-state index is 0.00522. The van der Waals surface area contributed by atoms with Crippen LogP contribution in [0.25, 0.3) is 0 Å². The van der Waals surface area contributed by atoms with E-state index >= 15 is 0 Å². The van der Waals surface area contributed by atoms with Crippen LogP contribution in [0.2, 0.25) is 0 Å². The Morgan fingerprint density at radius 3 is 2.59 bits per heavy atom. The van der Waals surface area contributed by atoms with Crippen molar-refractivity contribution in [1.82, 2.24) is 0 Å². The highest BCUT2D eigenvalue weighted by atomic mass is 32.2. The Bertz CT molecular complexity index is 859. The van der Waals surface area contributed by atoms with Crippen molar-refractivity contribution in [2.45, 2.75) is 4.90 Å². The van der Waals surface area contributed by atoms with Crippen LogP contribution in [0, 0.1) is 5.82 Å². The van der Waals surface area contributed by atoms with E-state index in [0.29, 0.717) is 10.6 Å². The maximum Gasteiger partial charge on any atom is 0.338 e. The molecule has 0 spiro atoms. The van der Waals surface area contributed by atoms with Gasteiger partial charge in [0.15, 0.2) is 18.2 Å². The van der Waals surface area contributed by atoms with Gasteiger partial charge < -0.3 is 20.5 Å². The predicted octanol–water partition coefficient (Wildman–Crippen LogP) is 2.21. The number of primary amides is 1. The smallest absolute Gasteiger partial charge is 0.338 e. The molecular formula is C18H17FN2O5S. The SMILES string of the molecule is COc1ccc(C(=O)OCC(=O)Nc2ccccc2SCC(N)=O)cc1F. The topological polar surface area (TPSA) is 108 Å². The second-order valence-corrected chi connectivity index (χ2v) is 6.24. The lowest BCUT2D eigenvalue weighted by Gasteiger charge is -2.10. The van der Waals surface area contributed by atoms with Gasteiger partial charge in [-0.25, -0.2) is 9.18 Å². The monoisotopic (exact) mass is 392 g/mol. The maximum atomic E-state index is 13.6. The summed E-state index contributed by atoms with van der Waals surface area (Å²) in [6.45, 7) is -0.554. The minimum Gasteiger partial charge on any atom is -0.494 e. The molecule has 7 nitrogen and oxygen atoms in total. The summed E-state index contributed by atoms with van der Waals surface area (Å²) in [6.07, 6.45) is 0. The summed E-state index contributed by atoms with van der Waals surface area (Å²) in [7, 11) is 1.31. The quantitative estimate of drug-likeness (QED) is 0.527. The molecule has 142 valence electrons. The summed E-state index contributed by atoms with van der Waals surface area (Å²) >= 11 is 1.17. The van der Waals surface area contributed by atoms with Crippen LogP contribution >= 0.6 is 11.8 Å². The Hall–Kier alpha value is -3.07. The molecule has 2 aromatic rings. The van der Waals surface area contributed by atoms with E-state index in [4.69, 9.17) is 15.2 Å². The molecular weight excluding hydrogens is 375 g/mol. The number of methoxy groups -OCH3 is 1. The molecule has 0 aliphatic heterocycles. The highest BCUT2D eigenvalue weighted by molar-refractivity contribution is 8.00. The number of amides is 2. The van der Waals surface area contributed by atoms with Crippen LogP contribution in [0.1, 0.15) is 10.4 Å². The first-order valence-corrected chi connectivity index (χ1v) is 8.70. The number of rotatable bonds is 8. The Morgan fingerprint density at radius 2 is 1.93 bits per heavy atom. The standard InChI is InChI=1S/C18H17FN2O5S/c1-25-14-7-6-11(8-12(14)19)18(24)26-9-17(23)21-13-4-2-3-5-15(13)27-10-16(20)22/h2-8H,9-10H2,1H3,(H2,20,22)(H,21,23). The van der Waals surface area contributed by atoms with Crippen molar-refractivity contribution >= 4 is 35.2 Å². The highest BCUT2D eigenvalue weighted by Crippen LogP contribution is 2.26. The number of hydrogen-bond acceptors (Lipinski definition) is 6. The lowest BCUT2D eigenvalue weighted by atomic mass is 10.2. The average Bonchev–Trinajstić information content (AvgIpc) is 2.65. The van der Waals surface area contributed by atoms with Gasteiger partial charge >= 0.3 is 5.97 Å². The van der Waals surface area contributed by atoms with Crippen molar-refractivity contribution in [2.75, 3.05) is 24.8 Å². The number of halogens is 1. The Morgan fingerprint density at radius 1 is 1.19 bits per heavy atom. The summed E-state index contributed by atoms with van der Waals surface area (Å²) in [4.78, 5) is 35.5. The third-order valence-electron chi connectivity index (χ3n) is 3.25. The first-order valence-electron chi connectivity index (χ1n) is 7.71. The molecule has 2 aromatic carbocycles. The lowest BCUT2D eigenvalue weighted by molar-refractivity contribution is -0.119. The van der Waals surface area contributed by atoms with Crippen LogP contribution in [0.3, 0.4) is 0 Å². The van der Waals surface area contributed by atoms with Crippen molar-refractivity contribution in [3.8, 4) is 5.75 Å². The molecule has 0 atom stereocenters. The van der Waals surface area contributed by atoms with E-state index in [1.54, 1.807) is 24.3 Å². The van der Waals surface area contributed by atoms with Crippen molar-refractivity contribution in [2.24, 2.45) is 5.73 Å².